The number of hydrogen-bond acceptors (Lipinski definition) is 6. The van der Waals surface area contributed by atoms with Crippen molar-refractivity contribution in [2.45, 2.75) is 17.9 Å². The Kier molecular flexibility index (Phi) is 5.08. The number of nitrogens with one attached hydrogen (secondary N) is 1. The topological polar surface area (TPSA) is 101 Å². The van der Waals surface area contributed by atoms with Gasteiger partial charge in [0.05, 0.1) is 4.90 Å². The van der Waals surface area contributed by atoms with Crippen LogP contribution in [0.2, 0.25) is 0 Å². The molecule has 1 aromatic carbocycles. The fourth-order valence-electron chi connectivity index (χ4n) is 2.77. The first kappa shape index (κ1) is 16.8. The molecule has 1 aliphatic heterocycles. The summed E-state index contributed by atoms with van der Waals surface area (Å²) in [7, 11) is -3.66. The Morgan fingerprint density at radius 3 is 2.54 bits per heavy atom. The van der Waals surface area contributed by atoms with Crippen LogP contribution in [-0.4, -0.2) is 42.9 Å². The van der Waals surface area contributed by atoms with Crippen LogP contribution in [0.4, 0.5) is 5.95 Å². The standard InChI is InChI=1S/C16H21N5O2S/c17-8-13-6-7-21(11-13)12-14-9-18-16(19-10-14)20-24(22,23)15-4-2-1-3-5-15/h1-5,9-10,13H,6-8,11-12,17H2,(H,18,19,20)/t13-/m0/s1. The molecule has 0 aliphatic carbocycles. The molecule has 7 nitrogen and oxygen atoms in total. The van der Waals surface area contributed by atoms with Gasteiger partial charge in [-0.25, -0.2) is 23.1 Å². The van der Waals surface area contributed by atoms with Crippen molar-refractivity contribution in [3.05, 3.63) is 48.3 Å². The maximum Gasteiger partial charge on any atom is 0.264 e. The van der Waals surface area contributed by atoms with Crippen molar-refractivity contribution in [3.8, 4) is 0 Å². The number of anilines is 1. The molecule has 0 spiro atoms. The Hall–Kier alpha value is -2.03. The number of nitrogens with two attached hydrogens (primary N) is 1. The molecule has 1 atom stereocenters. The van der Waals surface area contributed by atoms with Gasteiger partial charge in [0.1, 0.15) is 0 Å². The lowest BCUT2D eigenvalue weighted by Crippen LogP contribution is -2.23. The zero-order chi connectivity index (χ0) is 17.0. The van der Waals surface area contributed by atoms with E-state index in [1.54, 1.807) is 30.6 Å². The minimum Gasteiger partial charge on any atom is -0.330 e. The number of sulfonamides is 1. The maximum absolute atomic E-state index is 12.2. The van der Waals surface area contributed by atoms with Crippen molar-refractivity contribution < 1.29 is 8.42 Å². The minimum atomic E-state index is -3.66. The van der Waals surface area contributed by atoms with Gasteiger partial charge in [0.15, 0.2) is 0 Å². The molecule has 1 aliphatic rings. The highest BCUT2D eigenvalue weighted by molar-refractivity contribution is 7.92. The van der Waals surface area contributed by atoms with Crippen LogP contribution >= 0.6 is 0 Å². The monoisotopic (exact) mass is 347 g/mol. The third kappa shape index (κ3) is 4.08. The molecule has 3 rings (SSSR count). The highest BCUT2D eigenvalue weighted by atomic mass is 32.2. The maximum atomic E-state index is 12.2. The number of aromatic nitrogens is 2. The van der Waals surface area contributed by atoms with Crippen LogP contribution < -0.4 is 10.5 Å². The van der Waals surface area contributed by atoms with Crippen molar-refractivity contribution in [1.29, 1.82) is 0 Å². The van der Waals surface area contributed by atoms with Gasteiger partial charge in [0, 0.05) is 31.0 Å². The Balaban J connectivity index is 1.63. The Morgan fingerprint density at radius 2 is 1.92 bits per heavy atom. The van der Waals surface area contributed by atoms with Crippen LogP contribution in [-0.2, 0) is 16.6 Å². The molecule has 0 saturated carbocycles. The third-order valence-corrected chi connectivity index (χ3v) is 5.44. The summed E-state index contributed by atoms with van der Waals surface area (Å²) < 4.78 is 26.8. The summed E-state index contributed by atoms with van der Waals surface area (Å²) in [6.07, 6.45) is 4.43. The van der Waals surface area contributed by atoms with E-state index in [4.69, 9.17) is 5.73 Å². The van der Waals surface area contributed by atoms with Gasteiger partial charge in [-0.1, -0.05) is 18.2 Å². The number of rotatable bonds is 6. The van der Waals surface area contributed by atoms with E-state index in [9.17, 15) is 8.42 Å². The molecular weight excluding hydrogens is 326 g/mol. The molecule has 0 unspecified atom stereocenters. The van der Waals surface area contributed by atoms with Crippen molar-refractivity contribution >= 4 is 16.0 Å². The largest absolute Gasteiger partial charge is 0.330 e. The second kappa shape index (κ2) is 7.25. The SMILES string of the molecule is NC[C@@H]1CCN(Cc2cnc(NS(=O)(=O)c3ccccc3)nc2)C1. The first-order valence-electron chi connectivity index (χ1n) is 7.88. The molecule has 24 heavy (non-hydrogen) atoms. The van der Waals surface area contributed by atoms with Crippen molar-refractivity contribution in [2.75, 3.05) is 24.4 Å². The summed E-state index contributed by atoms with van der Waals surface area (Å²) in [4.78, 5) is 10.7. The van der Waals surface area contributed by atoms with Crippen molar-refractivity contribution in [3.63, 3.8) is 0 Å². The van der Waals surface area contributed by atoms with E-state index in [1.807, 2.05) is 0 Å². The number of benzene rings is 1. The van der Waals surface area contributed by atoms with Crippen LogP contribution in [0, 0.1) is 5.92 Å². The van der Waals surface area contributed by atoms with E-state index in [1.165, 1.54) is 12.1 Å². The van der Waals surface area contributed by atoms with Crippen LogP contribution in [0.25, 0.3) is 0 Å². The molecule has 3 N–H and O–H groups in total. The van der Waals surface area contributed by atoms with Crippen molar-refractivity contribution in [2.24, 2.45) is 11.7 Å². The molecule has 2 heterocycles. The predicted molar refractivity (Wildman–Crippen MR) is 91.7 cm³/mol. The quantitative estimate of drug-likeness (QED) is 0.810. The zero-order valence-corrected chi connectivity index (χ0v) is 14.1. The predicted octanol–water partition coefficient (Wildman–Crippen LogP) is 1.06. The van der Waals surface area contributed by atoms with Crippen LogP contribution in [0.1, 0.15) is 12.0 Å². The number of hydrogen-bond donors (Lipinski definition) is 2. The summed E-state index contributed by atoms with van der Waals surface area (Å²) in [5.74, 6) is 0.631. The zero-order valence-electron chi connectivity index (χ0n) is 13.3. The smallest absolute Gasteiger partial charge is 0.264 e. The molecule has 1 fully saturated rings. The van der Waals surface area contributed by atoms with Gasteiger partial charge < -0.3 is 5.73 Å². The lowest BCUT2D eigenvalue weighted by atomic mass is 10.1. The summed E-state index contributed by atoms with van der Waals surface area (Å²) in [6.45, 7) is 3.47. The van der Waals surface area contributed by atoms with Crippen molar-refractivity contribution in [1.82, 2.24) is 14.9 Å². The molecule has 0 amide bonds. The summed E-state index contributed by atoms with van der Waals surface area (Å²) in [5, 5.41) is 0. The molecule has 0 bridgehead atoms. The molecule has 2 aromatic rings. The van der Waals surface area contributed by atoms with Gasteiger partial charge >= 0.3 is 0 Å². The second-order valence-electron chi connectivity index (χ2n) is 5.96. The average molecular weight is 347 g/mol. The third-order valence-electron chi connectivity index (χ3n) is 4.09. The fraction of sp³-hybridized carbons (Fsp3) is 0.375. The van der Waals surface area contributed by atoms with Crippen LogP contribution in [0.5, 0.6) is 0 Å². The molecule has 128 valence electrons. The molecular formula is C16H21N5O2S. The van der Waals surface area contributed by atoms with Gasteiger partial charge in [0.25, 0.3) is 10.0 Å². The summed E-state index contributed by atoms with van der Waals surface area (Å²) in [6, 6.07) is 8.15. The van der Waals surface area contributed by atoms with E-state index in [0.717, 1.165) is 31.6 Å². The molecule has 1 saturated heterocycles. The number of nitrogens with zero attached hydrogens (tertiary/aromatic N) is 3. The van der Waals surface area contributed by atoms with E-state index >= 15 is 0 Å². The first-order valence-corrected chi connectivity index (χ1v) is 9.36. The van der Waals surface area contributed by atoms with Crippen LogP contribution in [0.3, 0.4) is 0 Å². The normalized spacial score (nSPS) is 18.6. The van der Waals surface area contributed by atoms with E-state index in [0.29, 0.717) is 12.5 Å². The minimum absolute atomic E-state index is 0.0730. The number of likely N-dealkylation sites (tertiary alicyclic amines) is 1. The highest BCUT2D eigenvalue weighted by Crippen LogP contribution is 2.18. The van der Waals surface area contributed by atoms with Gasteiger partial charge in [0.2, 0.25) is 5.95 Å². The van der Waals surface area contributed by atoms with Gasteiger partial charge in [-0.3, -0.25) is 4.90 Å². The Morgan fingerprint density at radius 1 is 1.21 bits per heavy atom. The Bertz CT molecular complexity index is 765. The molecule has 0 radical (unpaired) electrons. The molecule has 1 aromatic heterocycles. The van der Waals surface area contributed by atoms with E-state index in [-0.39, 0.29) is 10.8 Å². The second-order valence-corrected chi connectivity index (χ2v) is 7.64. The van der Waals surface area contributed by atoms with Gasteiger partial charge in [-0.2, -0.15) is 0 Å². The summed E-state index contributed by atoms with van der Waals surface area (Å²) >= 11 is 0. The lowest BCUT2D eigenvalue weighted by molar-refractivity contribution is 0.317. The van der Waals surface area contributed by atoms with Gasteiger partial charge in [-0.05, 0) is 37.6 Å². The summed E-state index contributed by atoms with van der Waals surface area (Å²) in [5.41, 5.74) is 6.65. The van der Waals surface area contributed by atoms with E-state index in [2.05, 4.69) is 19.6 Å². The Labute approximate surface area is 142 Å². The molecule has 8 heteroatoms. The lowest BCUT2D eigenvalue weighted by Gasteiger charge is -2.15. The van der Waals surface area contributed by atoms with E-state index < -0.39 is 10.0 Å². The average Bonchev–Trinajstić information content (AvgIpc) is 3.05. The fourth-order valence-corrected chi connectivity index (χ4v) is 3.75. The first-order chi connectivity index (χ1) is 11.6. The highest BCUT2D eigenvalue weighted by Gasteiger charge is 2.21. The van der Waals surface area contributed by atoms with Crippen LogP contribution in [0.15, 0.2) is 47.6 Å². The van der Waals surface area contributed by atoms with Gasteiger partial charge in [-0.15, -0.1) is 0 Å².